The first-order valence-corrected chi connectivity index (χ1v) is 9.03. The molecule has 23 heavy (non-hydrogen) atoms. The van der Waals surface area contributed by atoms with Crippen LogP contribution >= 0.6 is 0 Å². The minimum atomic E-state index is -0.0600. The van der Waals surface area contributed by atoms with Crippen LogP contribution in [-0.4, -0.2) is 13.0 Å². The highest BCUT2D eigenvalue weighted by Gasteiger charge is 2.54. The highest BCUT2D eigenvalue weighted by atomic mass is 16.5. The van der Waals surface area contributed by atoms with E-state index in [4.69, 9.17) is 4.74 Å². The van der Waals surface area contributed by atoms with Crippen LogP contribution in [0.5, 0.6) is 5.75 Å². The monoisotopic (exact) mass is 313 g/mol. The summed E-state index contributed by atoms with van der Waals surface area (Å²) in [7, 11) is 1.67. The molecule has 1 amide bonds. The molecule has 0 unspecified atom stereocenters. The average molecular weight is 313 g/mol. The summed E-state index contributed by atoms with van der Waals surface area (Å²) in [6.07, 6.45) is 7.50. The van der Waals surface area contributed by atoms with Gasteiger partial charge in [0.2, 0.25) is 5.91 Å². The fourth-order valence-corrected chi connectivity index (χ4v) is 5.71. The van der Waals surface area contributed by atoms with Gasteiger partial charge in [0, 0.05) is 5.41 Å². The summed E-state index contributed by atoms with van der Waals surface area (Å²) in [5, 5.41) is 3.31. The number of methoxy groups -OCH3 is 1. The number of ether oxygens (including phenoxy) is 1. The highest BCUT2D eigenvalue weighted by Crippen LogP contribution is 2.60. The Hall–Kier alpha value is -1.51. The van der Waals surface area contributed by atoms with Crippen molar-refractivity contribution in [3.05, 3.63) is 29.8 Å². The van der Waals surface area contributed by atoms with Gasteiger partial charge in [-0.25, -0.2) is 0 Å². The van der Waals surface area contributed by atoms with Gasteiger partial charge < -0.3 is 10.1 Å². The van der Waals surface area contributed by atoms with Crippen LogP contribution in [0, 0.1) is 23.2 Å². The molecule has 4 fully saturated rings. The van der Waals surface area contributed by atoms with Gasteiger partial charge in [-0.1, -0.05) is 12.1 Å². The first kappa shape index (κ1) is 15.0. The van der Waals surface area contributed by atoms with E-state index in [-0.39, 0.29) is 11.5 Å². The quantitative estimate of drug-likeness (QED) is 0.909. The third-order valence-corrected chi connectivity index (χ3v) is 6.48. The van der Waals surface area contributed by atoms with Crippen LogP contribution in [0.15, 0.2) is 24.3 Å². The predicted molar refractivity (Wildman–Crippen MR) is 90.2 cm³/mol. The van der Waals surface area contributed by atoms with Crippen LogP contribution in [0.1, 0.15) is 57.1 Å². The number of benzene rings is 1. The highest BCUT2D eigenvalue weighted by molar-refractivity contribution is 5.83. The van der Waals surface area contributed by atoms with Gasteiger partial charge in [0.05, 0.1) is 13.2 Å². The summed E-state index contributed by atoms with van der Waals surface area (Å²) in [6.45, 7) is 2.08. The van der Waals surface area contributed by atoms with Gasteiger partial charge in [-0.2, -0.15) is 0 Å². The zero-order valence-electron chi connectivity index (χ0n) is 14.2. The Kier molecular flexibility index (Phi) is 3.62. The van der Waals surface area contributed by atoms with Crippen molar-refractivity contribution < 1.29 is 9.53 Å². The van der Waals surface area contributed by atoms with Gasteiger partial charge in [0.15, 0.2) is 0 Å². The summed E-state index contributed by atoms with van der Waals surface area (Å²) in [4.78, 5) is 13.1. The van der Waals surface area contributed by atoms with Gasteiger partial charge in [-0.05, 0) is 80.9 Å². The molecule has 0 aromatic heterocycles. The van der Waals surface area contributed by atoms with Crippen LogP contribution in [0.2, 0.25) is 0 Å². The number of carbonyl (C=O) groups excluding carboxylic acids is 1. The topological polar surface area (TPSA) is 38.3 Å². The second-order valence-corrected chi connectivity index (χ2v) is 8.17. The Bertz CT molecular complexity index is 557. The Morgan fingerprint density at radius 1 is 1.09 bits per heavy atom. The smallest absolute Gasteiger partial charge is 0.226 e. The summed E-state index contributed by atoms with van der Waals surface area (Å²) in [5.74, 6) is 3.59. The van der Waals surface area contributed by atoms with Gasteiger partial charge >= 0.3 is 0 Å². The molecule has 1 N–H and O–H groups in total. The Morgan fingerprint density at radius 3 is 2.09 bits per heavy atom. The molecule has 4 aliphatic carbocycles. The van der Waals surface area contributed by atoms with E-state index in [1.54, 1.807) is 7.11 Å². The Morgan fingerprint density at radius 2 is 1.61 bits per heavy atom. The van der Waals surface area contributed by atoms with Crippen LogP contribution in [-0.2, 0) is 4.79 Å². The molecule has 4 bridgehead atoms. The molecule has 4 aliphatic rings. The van der Waals surface area contributed by atoms with Gasteiger partial charge in [0.1, 0.15) is 5.75 Å². The normalized spacial score (nSPS) is 35.8. The van der Waals surface area contributed by atoms with E-state index in [1.165, 1.54) is 19.3 Å². The molecule has 1 aromatic carbocycles. The van der Waals surface area contributed by atoms with Gasteiger partial charge in [-0.3, -0.25) is 4.79 Å². The molecular weight excluding hydrogens is 286 g/mol. The molecule has 0 spiro atoms. The maximum absolute atomic E-state index is 13.1. The molecular formula is C20H27NO2. The average Bonchev–Trinajstić information content (AvgIpc) is 2.53. The molecule has 3 heteroatoms. The summed E-state index contributed by atoms with van der Waals surface area (Å²) in [6, 6.07) is 8.07. The van der Waals surface area contributed by atoms with Crippen LogP contribution in [0.25, 0.3) is 0 Å². The summed E-state index contributed by atoms with van der Waals surface area (Å²) < 4.78 is 5.21. The molecule has 124 valence electrons. The van der Waals surface area contributed by atoms with Crippen molar-refractivity contribution >= 4 is 5.91 Å². The van der Waals surface area contributed by atoms with E-state index >= 15 is 0 Å². The fraction of sp³-hybridized carbons (Fsp3) is 0.650. The molecule has 5 rings (SSSR count). The molecule has 0 radical (unpaired) electrons. The second kappa shape index (κ2) is 5.54. The molecule has 1 aromatic rings. The molecule has 0 saturated heterocycles. The molecule has 3 nitrogen and oxygen atoms in total. The molecule has 1 atom stereocenters. The fourth-order valence-electron chi connectivity index (χ4n) is 5.71. The Labute approximate surface area is 138 Å². The standard InChI is InChI=1S/C20H27NO2/c1-13(17-3-5-18(23-2)6-4-17)21-19(22)20-10-14-7-15(11-20)9-16(8-14)12-20/h3-6,13-16H,7-12H2,1-2H3,(H,21,22)/t13-,14?,15?,16?,20?/m0/s1. The van der Waals surface area contributed by atoms with Crippen LogP contribution in [0.4, 0.5) is 0 Å². The van der Waals surface area contributed by atoms with Crippen molar-refractivity contribution in [2.75, 3.05) is 7.11 Å². The number of amides is 1. The third kappa shape index (κ3) is 2.64. The lowest BCUT2D eigenvalue weighted by Crippen LogP contribution is -2.53. The number of hydrogen-bond donors (Lipinski definition) is 1. The van der Waals surface area contributed by atoms with E-state index in [1.807, 2.05) is 24.3 Å². The van der Waals surface area contributed by atoms with Crippen molar-refractivity contribution in [1.82, 2.24) is 5.32 Å². The molecule has 0 aliphatic heterocycles. The Balaban J connectivity index is 1.46. The van der Waals surface area contributed by atoms with Crippen molar-refractivity contribution in [3.63, 3.8) is 0 Å². The lowest BCUT2D eigenvalue weighted by Gasteiger charge is -2.55. The largest absolute Gasteiger partial charge is 0.497 e. The van der Waals surface area contributed by atoms with Crippen LogP contribution in [0.3, 0.4) is 0 Å². The lowest BCUT2D eigenvalue weighted by atomic mass is 9.49. The van der Waals surface area contributed by atoms with E-state index in [2.05, 4.69) is 12.2 Å². The third-order valence-electron chi connectivity index (χ3n) is 6.48. The summed E-state index contributed by atoms with van der Waals surface area (Å²) >= 11 is 0. The minimum Gasteiger partial charge on any atom is -0.497 e. The van der Waals surface area contributed by atoms with E-state index in [0.29, 0.717) is 5.91 Å². The maximum Gasteiger partial charge on any atom is 0.226 e. The SMILES string of the molecule is COc1ccc([C@H](C)NC(=O)C23CC4CC(CC(C4)C2)C3)cc1. The van der Waals surface area contributed by atoms with Crippen molar-refractivity contribution in [1.29, 1.82) is 0 Å². The second-order valence-electron chi connectivity index (χ2n) is 8.17. The van der Waals surface area contributed by atoms with E-state index < -0.39 is 0 Å². The molecule has 0 heterocycles. The minimum absolute atomic E-state index is 0.0569. The number of rotatable bonds is 4. The van der Waals surface area contributed by atoms with E-state index in [0.717, 1.165) is 48.3 Å². The zero-order chi connectivity index (χ0) is 16.0. The lowest BCUT2D eigenvalue weighted by molar-refractivity contribution is -0.147. The number of nitrogens with one attached hydrogen (secondary N) is 1. The maximum atomic E-state index is 13.1. The summed E-state index contributed by atoms with van der Waals surface area (Å²) in [5.41, 5.74) is 1.08. The number of carbonyl (C=O) groups is 1. The predicted octanol–water partition coefficient (Wildman–Crippen LogP) is 4.09. The zero-order valence-corrected chi connectivity index (χ0v) is 14.2. The van der Waals surface area contributed by atoms with Crippen molar-refractivity contribution in [3.8, 4) is 5.75 Å². The first-order chi connectivity index (χ1) is 11.1. The van der Waals surface area contributed by atoms with E-state index in [9.17, 15) is 4.79 Å². The molecule has 4 saturated carbocycles. The van der Waals surface area contributed by atoms with Gasteiger partial charge in [0.25, 0.3) is 0 Å². The van der Waals surface area contributed by atoms with Gasteiger partial charge in [-0.15, -0.1) is 0 Å². The first-order valence-electron chi connectivity index (χ1n) is 9.03. The van der Waals surface area contributed by atoms with Crippen molar-refractivity contribution in [2.45, 2.75) is 51.5 Å². The van der Waals surface area contributed by atoms with Crippen molar-refractivity contribution in [2.24, 2.45) is 23.2 Å². The van der Waals surface area contributed by atoms with Crippen LogP contribution < -0.4 is 10.1 Å². The number of hydrogen-bond acceptors (Lipinski definition) is 2.